The second-order valence-electron chi connectivity index (χ2n) is 9.23. The zero-order valence-corrected chi connectivity index (χ0v) is 19.5. The van der Waals surface area contributed by atoms with Crippen LogP contribution in [0, 0.1) is 11.6 Å². The molecule has 8 heteroatoms. The number of hydrogen-bond donors (Lipinski definition) is 2. The summed E-state index contributed by atoms with van der Waals surface area (Å²) in [5, 5.41) is 4.38. The van der Waals surface area contributed by atoms with Gasteiger partial charge >= 0.3 is 5.97 Å². The minimum atomic E-state index is -0.749. The summed E-state index contributed by atoms with van der Waals surface area (Å²) >= 11 is 0. The van der Waals surface area contributed by atoms with Gasteiger partial charge in [0, 0.05) is 34.8 Å². The van der Waals surface area contributed by atoms with Crippen LogP contribution >= 0.6 is 0 Å². The van der Waals surface area contributed by atoms with Gasteiger partial charge in [0.15, 0.2) is 0 Å². The number of fused-ring (bicyclic) bond motifs is 4. The molecule has 2 N–H and O–H groups in total. The molecule has 4 aromatic rings. The Labute approximate surface area is 205 Å². The van der Waals surface area contributed by atoms with Crippen molar-refractivity contribution in [3.8, 4) is 0 Å². The first kappa shape index (κ1) is 22.3. The molecule has 3 aromatic carbocycles. The second kappa shape index (κ2) is 8.19. The van der Waals surface area contributed by atoms with Crippen molar-refractivity contribution in [3.63, 3.8) is 0 Å². The quantitative estimate of drug-likeness (QED) is 0.408. The highest BCUT2D eigenvalue weighted by Gasteiger charge is 2.58. The molecule has 2 aliphatic rings. The number of nitrogens with one attached hydrogen (secondary N) is 2. The molecule has 3 heterocycles. The van der Waals surface area contributed by atoms with Crippen molar-refractivity contribution in [1.82, 2.24) is 9.88 Å². The van der Waals surface area contributed by atoms with Gasteiger partial charge in [-0.15, -0.1) is 0 Å². The minimum absolute atomic E-state index is 0.136. The number of methoxy groups -OCH3 is 1. The van der Waals surface area contributed by atoms with E-state index >= 15 is 0 Å². The number of halogens is 2. The van der Waals surface area contributed by atoms with Crippen molar-refractivity contribution in [2.24, 2.45) is 0 Å². The van der Waals surface area contributed by atoms with Crippen LogP contribution in [0.2, 0.25) is 0 Å². The van der Waals surface area contributed by atoms with E-state index in [9.17, 15) is 18.4 Å². The third-order valence-corrected chi connectivity index (χ3v) is 7.44. The molecule has 36 heavy (non-hydrogen) atoms. The molecule has 182 valence electrons. The Balaban J connectivity index is 1.50. The smallest absolute Gasteiger partial charge is 0.354 e. The van der Waals surface area contributed by atoms with E-state index in [-0.39, 0.29) is 17.9 Å². The second-order valence-corrected chi connectivity index (χ2v) is 9.23. The normalized spacial score (nSPS) is 20.2. The Morgan fingerprint density at radius 1 is 1.08 bits per heavy atom. The topological polar surface area (TPSA) is 74.4 Å². The van der Waals surface area contributed by atoms with Crippen molar-refractivity contribution in [3.05, 3.63) is 101 Å². The highest BCUT2D eigenvalue weighted by molar-refractivity contribution is 6.00. The van der Waals surface area contributed by atoms with Crippen LogP contribution in [0.15, 0.2) is 66.7 Å². The van der Waals surface area contributed by atoms with Crippen LogP contribution in [0.1, 0.15) is 33.6 Å². The summed E-state index contributed by atoms with van der Waals surface area (Å²) in [5.41, 5.74) is 3.16. The number of H-pyrrole nitrogens is 1. The molecule has 6 nitrogen and oxygen atoms in total. The molecule has 2 atom stereocenters. The Morgan fingerprint density at radius 2 is 1.86 bits per heavy atom. The predicted octanol–water partition coefficient (Wildman–Crippen LogP) is 4.75. The molecule has 0 radical (unpaired) electrons. The van der Waals surface area contributed by atoms with E-state index in [0.717, 1.165) is 39.8 Å². The van der Waals surface area contributed by atoms with E-state index in [0.29, 0.717) is 18.7 Å². The fraction of sp³-hybridized carbons (Fsp3) is 0.214. The molecule has 0 aliphatic carbocycles. The van der Waals surface area contributed by atoms with Crippen molar-refractivity contribution < 1.29 is 23.1 Å². The zero-order chi connectivity index (χ0) is 25.0. The van der Waals surface area contributed by atoms with E-state index in [4.69, 9.17) is 4.74 Å². The summed E-state index contributed by atoms with van der Waals surface area (Å²) in [6.45, 7) is 0.397. The first-order chi connectivity index (χ1) is 17.4. The van der Waals surface area contributed by atoms with Gasteiger partial charge in [0.05, 0.1) is 18.9 Å². The maximum atomic E-state index is 14.4. The van der Waals surface area contributed by atoms with Crippen molar-refractivity contribution in [2.45, 2.75) is 24.4 Å². The Hall–Kier alpha value is -4.20. The van der Waals surface area contributed by atoms with Crippen molar-refractivity contribution >= 4 is 28.5 Å². The molecule has 2 aliphatic heterocycles. The van der Waals surface area contributed by atoms with Crippen molar-refractivity contribution in [2.75, 3.05) is 19.0 Å². The summed E-state index contributed by atoms with van der Waals surface area (Å²) in [5.74, 6) is -2.21. The van der Waals surface area contributed by atoms with Gasteiger partial charge < -0.3 is 19.9 Å². The van der Waals surface area contributed by atoms with E-state index in [1.807, 2.05) is 48.5 Å². The Bertz CT molecular complexity index is 1530. The highest BCUT2D eigenvalue weighted by atomic mass is 19.1. The summed E-state index contributed by atoms with van der Waals surface area (Å²) < 4.78 is 32.9. The van der Waals surface area contributed by atoms with Gasteiger partial charge in [0.1, 0.15) is 23.5 Å². The fourth-order valence-corrected chi connectivity index (χ4v) is 5.91. The van der Waals surface area contributed by atoms with Gasteiger partial charge in [0.25, 0.3) is 0 Å². The largest absolute Gasteiger partial charge is 0.464 e. The number of ether oxygens (including phenoxy) is 1. The van der Waals surface area contributed by atoms with Crippen molar-refractivity contribution in [1.29, 1.82) is 0 Å². The van der Waals surface area contributed by atoms with Gasteiger partial charge in [-0.1, -0.05) is 42.5 Å². The van der Waals surface area contributed by atoms with Crippen LogP contribution in [-0.4, -0.2) is 41.6 Å². The van der Waals surface area contributed by atoms with Crippen LogP contribution in [0.3, 0.4) is 0 Å². The van der Waals surface area contributed by atoms with Crippen LogP contribution in [0.25, 0.3) is 10.9 Å². The summed E-state index contributed by atoms with van der Waals surface area (Å²) in [7, 11) is 1.34. The molecular formula is C28H23F2N3O3. The molecule has 0 bridgehead atoms. The third kappa shape index (κ3) is 3.13. The number of esters is 1. The highest BCUT2D eigenvalue weighted by Crippen LogP contribution is 2.55. The number of rotatable bonds is 4. The molecule has 0 spiro atoms. The maximum Gasteiger partial charge on any atom is 0.354 e. The van der Waals surface area contributed by atoms with Crippen LogP contribution in [0.4, 0.5) is 14.5 Å². The number of anilines is 1. The molecule has 6 rings (SSSR count). The molecular weight excluding hydrogens is 464 g/mol. The SMILES string of the molecule is COC(=O)c1[nH]c2ccccc2c1C12CCN(C(=O)Cc3ccc(F)cc3F)C1Nc1ccccc12. The summed E-state index contributed by atoms with van der Waals surface area (Å²) in [6.07, 6.45) is -0.159. The third-order valence-electron chi connectivity index (χ3n) is 7.44. The number of para-hydroxylation sites is 2. The van der Waals surface area contributed by atoms with Crippen LogP contribution in [0.5, 0.6) is 0 Å². The van der Waals surface area contributed by atoms with E-state index in [2.05, 4.69) is 10.3 Å². The lowest BCUT2D eigenvalue weighted by atomic mass is 9.72. The van der Waals surface area contributed by atoms with E-state index < -0.39 is 29.2 Å². The number of aromatic amines is 1. The number of hydrogen-bond acceptors (Lipinski definition) is 4. The van der Waals surface area contributed by atoms with E-state index in [1.54, 1.807) is 4.90 Å². The first-order valence-electron chi connectivity index (χ1n) is 11.7. The number of likely N-dealkylation sites (tertiary alicyclic amines) is 1. The molecule has 2 unspecified atom stereocenters. The summed E-state index contributed by atoms with van der Waals surface area (Å²) in [4.78, 5) is 31.4. The number of nitrogens with zero attached hydrogens (tertiary/aromatic N) is 1. The lowest BCUT2D eigenvalue weighted by molar-refractivity contribution is -0.131. The standard InChI is InChI=1S/C28H23F2N3O3/c1-36-26(35)25-24(18-6-2-4-8-21(18)31-25)28-12-13-33(27(28)32-22-9-5-3-7-19(22)28)23(34)14-16-10-11-17(29)15-20(16)30/h2-11,15,27,31-32H,12-14H2,1H3. The monoisotopic (exact) mass is 487 g/mol. The van der Waals surface area contributed by atoms with Gasteiger partial charge in [-0.05, 0) is 35.7 Å². The lowest BCUT2D eigenvalue weighted by Crippen LogP contribution is -2.47. The zero-order valence-electron chi connectivity index (χ0n) is 19.5. The van der Waals surface area contributed by atoms with Crippen LogP contribution < -0.4 is 5.32 Å². The Morgan fingerprint density at radius 3 is 2.67 bits per heavy atom. The van der Waals surface area contributed by atoms with Gasteiger partial charge in [-0.25, -0.2) is 13.6 Å². The molecule has 1 saturated heterocycles. The molecule has 0 saturated carbocycles. The van der Waals surface area contributed by atoms with E-state index in [1.165, 1.54) is 13.2 Å². The predicted molar refractivity (Wildman–Crippen MR) is 131 cm³/mol. The average Bonchev–Trinajstić information content (AvgIpc) is 3.53. The molecule has 1 aromatic heterocycles. The average molecular weight is 488 g/mol. The van der Waals surface area contributed by atoms with Gasteiger partial charge in [-0.3, -0.25) is 4.79 Å². The maximum absolute atomic E-state index is 14.4. The number of amides is 1. The first-order valence-corrected chi connectivity index (χ1v) is 11.7. The van der Waals surface area contributed by atoms with Gasteiger partial charge in [-0.2, -0.15) is 0 Å². The van der Waals surface area contributed by atoms with Gasteiger partial charge in [0.2, 0.25) is 5.91 Å². The molecule has 1 fully saturated rings. The lowest BCUT2D eigenvalue weighted by Gasteiger charge is -2.33. The number of carbonyl (C=O) groups excluding carboxylic acids is 2. The number of benzene rings is 3. The summed E-state index contributed by atoms with van der Waals surface area (Å²) in [6, 6.07) is 18.7. The fourth-order valence-electron chi connectivity index (χ4n) is 5.91. The van der Waals surface area contributed by atoms with Crippen LogP contribution in [-0.2, 0) is 21.4 Å². The number of aromatic nitrogens is 1. The number of carbonyl (C=O) groups is 2. The molecule has 1 amide bonds. The minimum Gasteiger partial charge on any atom is -0.464 e. The Kier molecular flexibility index (Phi) is 5.07.